The summed E-state index contributed by atoms with van der Waals surface area (Å²) in [7, 11) is 6.79. The third-order valence-corrected chi connectivity index (χ3v) is 8.38. The van der Waals surface area contributed by atoms with E-state index in [4.69, 9.17) is 11.5 Å². The molecule has 8 N–H and O–H groups in total. The van der Waals surface area contributed by atoms with Gasteiger partial charge in [0.15, 0.2) is 11.4 Å². The molecule has 5 rings (SSSR count). The minimum Gasteiger partial charge on any atom is -0.510 e. The largest absolute Gasteiger partial charge is 0.510 e. The summed E-state index contributed by atoms with van der Waals surface area (Å²) < 4.78 is 0. The van der Waals surface area contributed by atoms with Crippen LogP contribution in [0.3, 0.4) is 0 Å². The average Bonchev–Trinajstić information content (AvgIpc) is 2.85. The third-order valence-electron chi connectivity index (χ3n) is 8.38. The lowest BCUT2D eigenvalue weighted by atomic mass is 9.58. The van der Waals surface area contributed by atoms with Crippen molar-refractivity contribution in [2.75, 3.05) is 38.8 Å². The minimum absolute atomic E-state index is 0.0242. The van der Waals surface area contributed by atoms with Gasteiger partial charge in [-0.05, 0) is 62.2 Å². The second-order valence-corrected chi connectivity index (χ2v) is 11.1. The Kier molecular flexibility index (Phi) is 6.20. The van der Waals surface area contributed by atoms with Gasteiger partial charge in [-0.3, -0.25) is 19.3 Å². The van der Waals surface area contributed by atoms with Gasteiger partial charge in [0.1, 0.15) is 22.8 Å². The predicted octanol–water partition coefficient (Wildman–Crippen LogP) is 1.44. The molecule has 0 heterocycles. The van der Waals surface area contributed by atoms with Crippen LogP contribution in [0.25, 0.3) is 11.1 Å². The van der Waals surface area contributed by atoms with Crippen LogP contribution >= 0.6 is 0 Å². The number of likely N-dealkylation sites (N-methyl/N-ethyl adjacent to an activating group) is 1. The first-order chi connectivity index (χ1) is 18.7. The van der Waals surface area contributed by atoms with Crippen molar-refractivity contribution in [2.24, 2.45) is 17.6 Å². The second kappa shape index (κ2) is 9.10. The van der Waals surface area contributed by atoms with Crippen molar-refractivity contribution in [3.8, 4) is 16.9 Å². The van der Waals surface area contributed by atoms with Crippen LogP contribution in [0.15, 0.2) is 53.0 Å². The van der Waals surface area contributed by atoms with Crippen LogP contribution in [0, 0.1) is 11.8 Å². The number of nitrogen functional groups attached to an aromatic ring is 1. The molecule has 0 saturated heterocycles. The van der Waals surface area contributed by atoms with Gasteiger partial charge in [-0.15, -0.1) is 0 Å². The van der Waals surface area contributed by atoms with Crippen LogP contribution in [0.5, 0.6) is 5.75 Å². The lowest BCUT2D eigenvalue weighted by Gasteiger charge is -2.50. The maximum Gasteiger partial charge on any atom is 0.255 e. The highest BCUT2D eigenvalue weighted by Gasteiger charge is 2.63. The number of phenols is 1. The number of hydrogen-bond acceptors (Lipinski definition) is 10. The molecule has 2 aromatic carbocycles. The number of carbonyl (C=O) groups excluding carboxylic acids is 3. The fraction of sp³-hybridized carbons (Fsp3) is 0.345. The van der Waals surface area contributed by atoms with Crippen LogP contribution in [0.2, 0.25) is 0 Å². The van der Waals surface area contributed by atoms with E-state index in [0.29, 0.717) is 28.1 Å². The number of ketones is 2. The highest BCUT2D eigenvalue weighted by atomic mass is 16.3. The van der Waals surface area contributed by atoms with Crippen LogP contribution in [-0.4, -0.2) is 82.6 Å². The highest BCUT2D eigenvalue weighted by molar-refractivity contribution is 6.25. The van der Waals surface area contributed by atoms with Crippen molar-refractivity contribution >= 4 is 28.8 Å². The second-order valence-electron chi connectivity index (χ2n) is 11.1. The maximum absolute atomic E-state index is 14.1. The molecule has 0 spiro atoms. The van der Waals surface area contributed by atoms with Crippen molar-refractivity contribution in [3.05, 3.63) is 64.1 Å². The number of carbonyl (C=O) groups is 3. The van der Waals surface area contributed by atoms with Crippen molar-refractivity contribution in [2.45, 2.75) is 24.5 Å². The van der Waals surface area contributed by atoms with Gasteiger partial charge < -0.3 is 36.8 Å². The fourth-order valence-corrected chi connectivity index (χ4v) is 6.62. The van der Waals surface area contributed by atoms with Gasteiger partial charge in [-0.2, -0.15) is 0 Å². The summed E-state index contributed by atoms with van der Waals surface area (Å²) in [6.45, 7) is 0. The SMILES string of the molecule is CN(C)c1cc(-c2cccc(N)c2)c(O)c2c1CC1CC3C(N(C)C)C(O)=C(C(N)=O)C(=O)C3(O)C(O)=C1C2=O. The monoisotopic (exact) mass is 548 g/mol. The van der Waals surface area contributed by atoms with Crippen molar-refractivity contribution in [1.82, 2.24) is 4.90 Å². The van der Waals surface area contributed by atoms with E-state index < -0.39 is 58.0 Å². The lowest BCUT2D eigenvalue weighted by Crippen LogP contribution is -2.63. The number of amides is 1. The fourth-order valence-electron chi connectivity index (χ4n) is 6.62. The number of phenolic OH excluding ortho intramolecular Hbond substituents is 1. The molecule has 210 valence electrons. The molecule has 40 heavy (non-hydrogen) atoms. The molecule has 0 fully saturated rings. The van der Waals surface area contributed by atoms with Gasteiger partial charge in [0.2, 0.25) is 5.78 Å². The molecule has 0 aromatic heterocycles. The Morgan fingerprint density at radius 3 is 2.33 bits per heavy atom. The Labute approximate surface area is 230 Å². The normalized spacial score (nSPS) is 26.0. The van der Waals surface area contributed by atoms with E-state index in [0.717, 1.165) is 0 Å². The number of fused-ring (bicyclic) bond motifs is 3. The predicted molar refractivity (Wildman–Crippen MR) is 148 cm³/mol. The molecule has 0 saturated carbocycles. The van der Waals surface area contributed by atoms with Crippen LogP contribution < -0.4 is 16.4 Å². The van der Waals surface area contributed by atoms with Crippen molar-refractivity contribution < 1.29 is 34.8 Å². The number of aromatic hydroxyl groups is 1. The molecule has 11 nitrogen and oxygen atoms in total. The Morgan fingerprint density at radius 1 is 1.07 bits per heavy atom. The molecule has 1 amide bonds. The number of benzene rings is 2. The number of Topliss-reactive ketones (excluding diaryl/α,β-unsaturated/α-hetero) is 2. The Balaban J connectivity index is 1.76. The summed E-state index contributed by atoms with van der Waals surface area (Å²) in [6, 6.07) is 7.54. The van der Waals surface area contributed by atoms with Gasteiger partial charge in [0.05, 0.1) is 11.6 Å². The van der Waals surface area contributed by atoms with Crippen molar-refractivity contribution in [3.63, 3.8) is 0 Å². The van der Waals surface area contributed by atoms with E-state index in [2.05, 4.69) is 0 Å². The van der Waals surface area contributed by atoms with E-state index in [1.165, 1.54) is 4.90 Å². The number of aliphatic hydroxyl groups is 3. The number of allylic oxidation sites excluding steroid dienone is 1. The standard InChI is InChI=1S/C29H32N4O7/c1-32(2)18-11-15(12-6-5-7-14(30)8-12)23(34)20-16(18)9-13-10-17-22(33(3)4)25(36)21(28(31)39)27(38)29(17,40)26(37)19(13)24(20)35/h5-8,11,13,17,22,34,36-37,40H,9-10,30H2,1-4H3,(H2,31,39). The first-order valence-corrected chi connectivity index (χ1v) is 12.8. The smallest absolute Gasteiger partial charge is 0.255 e. The van der Waals surface area contributed by atoms with Gasteiger partial charge in [0, 0.05) is 42.5 Å². The number of primary amides is 1. The molecule has 0 aliphatic heterocycles. The Morgan fingerprint density at radius 2 is 1.75 bits per heavy atom. The maximum atomic E-state index is 14.1. The van der Waals surface area contributed by atoms with E-state index >= 15 is 0 Å². The summed E-state index contributed by atoms with van der Waals surface area (Å²) in [5, 5.41) is 45.6. The zero-order chi connectivity index (χ0) is 29.4. The molecule has 3 aliphatic rings. The lowest BCUT2D eigenvalue weighted by molar-refractivity contribution is -0.148. The Hall–Kier alpha value is -4.35. The zero-order valence-electron chi connectivity index (χ0n) is 22.6. The topological polar surface area (TPSA) is 191 Å². The summed E-state index contributed by atoms with van der Waals surface area (Å²) in [5.74, 6) is -6.82. The zero-order valence-corrected chi connectivity index (χ0v) is 22.6. The minimum atomic E-state index is -2.68. The first kappa shape index (κ1) is 27.2. The van der Waals surface area contributed by atoms with E-state index in [9.17, 15) is 34.8 Å². The van der Waals surface area contributed by atoms with Crippen LogP contribution in [-0.2, 0) is 16.0 Å². The molecule has 4 unspecified atom stereocenters. The number of aliphatic hydroxyl groups excluding tert-OH is 2. The van der Waals surface area contributed by atoms with E-state index in [1.54, 1.807) is 58.5 Å². The summed E-state index contributed by atoms with van der Waals surface area (Å²) in [5.41, 5.74) is 10.2. The highest BCUT2D eigenvalue weighted by Crippen LogP contribution is 2.54. The molecule has 3 aliphatic carbocycles. The molecule has 4 atom stereocenters. The quantitative estimate of drug-likeness (QED) is 0.241. The molecular formula is C29H32N4O7. The van der Waals surface area contributed by atoms with Crippen LogP contribution in [0.1, 0.15) is 22.3 Å². The number of anilines is 2. The number of hydrogen-bond donors (Lipinski definition) is 6. The average molecular weight is 549 g/mol. The van der Waals surface area contributed by atoms with Gasteiger partial charge in [0.25, 0.3) is 5.91 Å². The van der Waals surface area contributed by atoms with Gasteiger partial charge in [-0.25, -0.2) is 0 Å². The summed E-state index contributed by atoms with van der Waals surface area (Å²) >= 11 is 0. The number of nitrogens with zero attached hydrogens (tertiary/aromatic N) is 2. The molecule has 0 radical (unpaired) electrons. The van der Waals surface area contributed by atoms with E-state index in [1.807, 2.05) is 4.90 Å². The molecule has 2 aromatic rings. The first-order valence-electron chi connectivity index (χ1n) is 12.8. The summed E-state index contributed by atoms with van der Waals surface area (Å²) in [6.07, 6.45) is 0.225. The third kappa shape index (κ3) is 3.61. The van der Waals surface area contributed by atoms with Crippen LogP contribution in [0.4, 0.5) is 11.4 Å². The number of nitrogens with two attached hydrogens (primary N) is 2. The van der Waals surface area contributed by atoms with E-state index in [-0.39, 0.29) is 29.7 Å². The van der Waals surface area contributed by atoms with Gasteiger partial charge in [-0.1, -0.05) is 12.1 Å². The van der Waals surface area contributed by atoms with Crippen molar-refractivity contribution in [1.29, 1.82) is 0 Å². The summed E-state index contributed by atoms with van der Waals surface area (Å²) in [4.78, 5) is 43.1. The molecule has 0 bridgehead atoms. The van der Waals surface area contributed by atoms with Gasteiger partial charge >= 0.3 is 0 Å². The number of rotatable bonds is 4. The Bertz CT molecular complexity index is 1560. The molecular weight excluding hydrogens is 516 g/mol. The molecule has 11 heteroatoms.